The zero-order chi connectivity index (χ0) is 35.8. The molecule has 2 aromatic heterocycles. The van der Waals surface area contributed by atoms with E-state index < -0.39 is 23.4 Å². The highest BCUT2D eigenvalue weighted by atomic mass is 16.5. The molecular formula is C36H33N7O8. The predicted molar refractivity (Wildman–Crippen MR) is 184 cm³/mol. The fraction of sp³-hybridized carbons (Fsp3) is 0.278. The summed E-state index contributed by atoms with van der Waals surface area (Å²) in [5, 5.41) is 32.9. The number of ether oxygens (including phenoxy) is 1. The summed E-state index contributed by atoms with van der Waals surface area (Å²) in [6.07, 6.45) is 6.26. The first kappa shape index (κ1) is 30.7. The summed E-state index contributed by atoms with van der Waals surface area (Å²) >= 11 is 0. The molecule has 2 atom stereocenters. The number of amides is 4. The number of urea groups is 1. The first-order valence-corrected chi connectivity index (χ1v) is 16.5. The summed E-state index contributed by atoms with van der Waals surface area (Å²) in [6.45, 7) is 2.76. The molecule has 2 fully saturated rings. The summed E-state index contributed by atoms with van der Waals surface area (Å²) < 4.78 is 5.61. The summed E-state index contributed by atoms with van der Waals surface area (Å²) in [7, 11) is 1.37. The van der Waals surface area contributed by atoms with Gasteiger partial charge in [-0.2, -0.15) is 0 Å². The Balaban J connectivity index is 1.06. The number of carbonyl (C=O) groups is 4. The summed E-state index contributed by atoms with van der Waals surface area (Å²) in [5.74, 6) is -2.21. The van der Waals surface area contributed by atoms with Crippen molar-refractivity contribution in [3.8, 4) is 23.0 Å². The van der Waals surface area contributed by atoms with Crippen LogP contribution in [0, 0.1) is 12.8 Å². The number of primary amides is 1. The van der Waals surface area contributed by atoms with Crippen LogP contribution in [0.4, 0.5) is 16.2 Å². The molecule has 5 aliphatic rings. The Bertz CT molecular complexity index is 2400. The van der Waals surface area contributed by atoms with Crippen LogP contribution < -0.4 is 26.0 Å². The second-order valence-electron chi connectivity index (χ2n) is 13.8. The van der Waals surface area contributed by atoms with Gasteiger partial charge in [-0.15, -0.1) is 0 Å². The molecule has 9 N–H and O–H groups in total. The van der Waals surface area contributed by atoms with Gasteiger partial charge in [0, 0.05) is 48.4 Å². The van der Waals surface area contributed by atoms with E-state index in [4.69, 9.17) is 16.2 Å². The van der Waals surface area contributed by atoms with Crippen LogP contribution in [-0.2, 0) is 23.1 Å². The molecule has 0 radical (unpaired) electrons. The number of hydrogen-bond acceptors (Lipinski definition) is 9. The van der Waals surface area contributed by atoms with E-state index in [1.165, 1.54) is 24.2 Å². The fourth-order valence-electron chi connectivity index (χ4n) is 8.98. The molecule has 1 saturated heterocycles. The number of allylic oxidation sites excluding steroid dienone is 2. The molecule has 4 aromatic rings. The second kappa shape index (κ2) is 10.1. The Morgan fingerprint density at radius 2 is 1.75 bits per heavy atom. The largest absolute Gasteiger partial charge is 0.504 e. The van der Waals surface area contributed by atoms with Crippen molar-refractivity contribution < 1.29 is 39.2 Å². The first-order valence-electron chi connectivity index (χ1n) is 16.5. The lowest BCUT2D eigenvalue weighted by atomic mass is 9.83. The number of H-pyrrole nitrogens is 2. The van der Waals surface area contributed by atoms with Crippen molar-refractivity contribution in [3.63, 3.8) is 0 Å². The third-order valence-electron chi connectivity index (χ3n) is 11.2. The number of benzene rings is 2. The summed E-state index contributed by atoms with van der Waals surface area (Å²) in [5.41, 5.74) is 16.8. The molecule has 15 nitrogen and oxygen atoms in total. The van der Waals surface area contributed by atoms with E-state index in [0.717, 1.165) is 22.4 Å². The number of aromatic amines is 2. The van der Waals surface area contributed by atoms with Crippen LogP contribution in [0.1, 0.15) is 55.2 Å². The van der Waals surface area contributed by atoms with Gasteiger partial charge in [-0.05, 0) is 78.1 Å². The van der Waals surface area contributed by atoms with Crippen molar-refractivity contribution >= 4 is 52.0 Å². The molecule has 1 saturated carbocycles. The van der Waals surface area contributed by atoms with Crippen molar-refractivity contribution in [3.05, 3.63) is 75.0 Å². The number of aryl methyl sites for hydroxylation is 1. The van der Waals surface area contributed by atoms with Crippen LogP contribution in [-0.4, -0.2) is 80.6 Å². The Morgan fingerprint density at radius 3 is 2.49 bits per heavy atom. The van der Waals surface area contributed by atoms with Crippen molar-refractivity contribution in [2.75, 3.05) is 36.5 Å². The Morgan fingerprint density at radius 1 is 1.02 bits per heavy atom. The van der Waals surface area contributed by atoms with Gasteiger partial charge in [0.05, 0.1) is 35.4 Å². The maximum Gasteiger partial charge on any atom is 0.319 e. The van der Waals surface area contributed by atoms with Gasteiger partial charge in [-0.25, -0.2) is 4.79 Å². The number of nitrogens with zero attached hydrogens (tertiary/aromatic N) is 3. The van der Waals surface area contributed by atoms with E-state index in [2.05, 4.69) is 9.97 Å². The fourth-order valence-corrected chi connectivity index (χ4v) is 8.98. The quantitative estimate of drug-likeness (QED) is 0.123. The minimum Gasteiger partial charge on any atom is -0.504 e. The molecule has 260 valence electrons. The minimum atomic E-state index is -0.805. The van der Waals surface area contributed by atoms with Crippen LogP contribution in [0.15, 0.2) is 35.8 Å². The molecule has 15 heteroatoms. The number of nitrogens with one attached hydrogen (secondary N) is 2. The summed E-state index contributed by atoms with van der Waals surface area (Å²) in [4.78, 5) is 63.4. The normalized spacial score (nSPS) is 21.3. The predicted octanol–water partition coefficient (Wildman–Crippen LogP) is 2.75. The average molecular weight is 692 g/mol. The molecule has 5 heterocycles. The average Bonchev–Trinajstić information content (AvgIpc) is 3.73. The molecule has 2 aliphatic carbocycles. The van der Waals surface area contributed by atoms with Crippen molar-refractivity contribution in [2.45, 2.75) is 31.6 Å². The number of aromatic nitrogens is 2. The first-order chi connectivity index (χ1) is 24.4. The molecule has 9 rings (SSSR count). The highest BCUT2D eigenvalue weighted by Crippen LogP contribution is 2.67. The molecule has 1 spiro atoms. The Labute approximate surface area is 289 Å². The number of nitrogens with two attached hydrogens (primary N) is 2. The van der Waals surface area contributed by atoms with Gasteiger partial charge in [0.15, 0.2) is 23.0 Å². The van der Waals surface area contributed by atoms with Gasteiger partial charge in [-0.3, -0.25) is 19.3 Å². The van der Waals surface area contributed by atoms with Crippen LogP contribution in [0.25, 0.3) is 17.0 Å². The maximum atomic E-state index is 14.2. The van der Waals surface area contributed by atoms with Gasteiger partial charge < -0.3 is 51.3 Å². The van der Waals surface area contributed by atoms with E-state index in [0.29, 0.717) is 58.4 Å². The zero-order valence-corrected chi connectivity index (χ0v) is 27.6. The lowest BCUT2D eigenvalue weighted by Crippen LogP contribution is -2.34. The lowest BCUT2D eigenvalue weighted by molar-refractivity contribution is -0.115. The number of fused-ring (bicyclic) bond motifs is 5. The van der Waals surface area contributed by atoms with E-state index in [9.17, 15) is 34.5 Å². The van der Waals surface area contributed by atoms with E-state index in [-0.39, 0.29) is 70.4 Å². The van der Waals surface area contributed by atoms with E-state index in [1.54, 1.807) is 17.0 Å². The number of phenols is 3. The Kier molecular flexibility index (Phi) is 6.07. The molecule has 2 aromatic carbocycles. The third-order valence-corrected chi connectivity index (χ3v) is 11.2. The van der Waals surface area contributed by atoms with Crippen LogP contribution in [0.3, 0.4) is 0 Å². The Hall–Kier alpha value is -6.38. The van der Waals surface area contributed by atoms with Crippen molar-refractivity contribution in [1.29, 1.82) is 0 Å². The molecule has 4 amide bonds. The van der Waals surface area contributed by atoms with Gasteiger partial charge in [0.1, 0.15) is 5.69 Å². The summed E-state index contributed by atoms with van der Waals surface area (Å²) in [6, 6.07) is 2.13. The maximum absolute atomic E-state index is 14.2. The smallest absolute Gasteiger partial charge is 0.319 e. The number of aromatic hydroxyl groups is 3. The van der Waals surface area contributed by atoms with Crippen LogP contribution >= 0.6 is 0 Å². The van der Waals surface area contributed by atoms with E-state index >= 15 is 0 Å². The number of phenolic OH excluding ortho intramolecular Hbond substituents is 3. The van der Waals surface area contributed by atoms with Crippen LogP contribution in [0.5, 0.6) is 23.0 Å². The SMILES string of the molecule is COc1c(O)c2c(c3cc(C(=O)N4C[C@H]5C[C@@]56C4=CC(=O)c4[nH]cc(C)c46)[nH]c13)CCN2C(=O)/C(N)=C/c1cc(O)c(O)c2c1CCN2C(N)=O. The topological polar surface area (TPSA) is 232 Å². The number of anilines is 2. The van der Waals surface area contributed by atoms with Gasteiger partial charge in [0.25, 0.3) is 11.8 Å². The van der Waals surface area contributed by atoms with Gasteiger partial charge in [-0.1, -0.05) is 0 Å². The molecule has 3 aliphatic heterocycles. The molecule has 0 unspecified atom stereocenters. The highest BCUT2D eigenvalue weighted by molar-refractivity contribution is 6.14. The lowest BCUT2D eigenvalue weighted by Gasteiger charge is -2.28. The van der Waals surface area contributed by atoms with Gasteiger partial charge >= 0.3 is 6.03 Å². The minimum absolute atomic E-state index is 0.0401. The molecule has 51 heavy (non-hydrogen) atoms. The number of carbonyl (C=O) groups excluding carboxylic acids is 4. The van der Waals surface area contributed by atoms with Gasteiger partial charge in [0.2, 0.25) is 5.78 Å². The number of ketones is 1. The highest BCUT2D eigenvalue weighted by Gasteiger charge is 2.68. The van der Waals surface area contributed by atoms with Crippen LogP contribution in [0.2, 0.25) is 0 Å². The van der Waals surface area contributed by atoms with Crippen molar-refractivity contribution in [1.82, 2.24) is 14.9 Å². The number of methoxy groups -OCH3 is 1. The van der Waals surface area contributed by atoms with Crippen molar-refractivity contribution in [2.24, 2.45) is 17.4 Å². The zero-order valence-electron chi connectivity index (χ0n) is 27.6. The second-order valence-corrected chi connectivity index (χ2v) is 13.8. The number of likely N-dealkylation sites (tertiary alicyclic amines) is 1. The number of rotatable bonds is 4. The third kappa shape index (κ3) is 3.88. The van der Waals surface area contributed by atoms with E-state index in [1.807, 2.05) is 13.1 Å². The molecule has 0 bridgehead atoms. The molecular weight excluding hydrogens is 658 g/mol. The number of piperidine rings is 1. The standard InChI is InChI=1S/C36H33N7O8/c1-14-12-39-27-22(44)10-24-36(25(14)27)11-16(36)13-43(24)34(49)21-9-19-18-4-5-41(29(18)31(47)32(51-2)26(19)40-21)33(48)20(37)7-15-8-23(45)30(46)28-17(15)3-6-42(28)35(38)50/h7-10,12,16,39-40,45-47H,3-6,11,13,37H2,1-2H3,(H2,38,50)/b20-7-/t16-,36+/m1/s1. The number of hydrogen-bond donors (Lipinski definition) is 7. The monoisotopic (exact) mass is 691 g/mol.